The number of hydrogen-bond acceptors (Lipinski definition) is 2. The fourth-order valence-corrected chi connectivity index (χ4v) is 1.99. The minimum Gasteiger partial charge on any atom is -0.340 e. The van der Waals surface area contributed by atoms with Crippen LogP contribution in [0.4, 0.5) is 0 Å². The number of aromatic nitrogens is 2. The molecule has 3 nitrogen and oxygen atoms in total. The van der Waals surface area contributed by atoms with E-state index in [9.17, 15) is 0 Å². The van der Waals surface area contributed by atoms with Gasteiger partial charge in [-0.1, -0.05) is 28.1 Å². The van der Waals surface area contributed by atoms with Crippen LogP contribution in [0.5, 0.6) is 0 Å². The number of hydrogen-bond donors (Lipinski definition) is 1. The molecule has 0 aliphatic carbocycles. The Kier molecular flexibility index (Phi) is 3.74. The number of imidazole rings is 1. The highest BCUT2D eigenvalue weighted by atomic mass is 79.9. The molecule has 0 aliphatic rings. The molecular weight excluding hydrogens is 266 g/mol. The molecule has 0 saturated carbocycles. The Morgan fingerprint density at radius 1 is 1.38 bits per heavy atom. The predicted octanol–water partition coefficient (Wildman–Crippen LogP) is 2.47. The van der Waals surface area contributed by atoms with Gasteiger partial charge in [0.05, 0.1) is 12.0 Å². The van der Waals surface area contributed by atoms with Crippen molar-refractivity contribution in [1.29, 1.82) is 0 Å². The van der Waals surface area contributed by atoms with Gasteiger partial charge in [0, 0.05) is 30.8 Å². The van der Waals surface area contributed by atoms with E-state index < -0.39 is 0 Å². The van der Waals surface area contributed by atoms with Crippen LogP contribution in [-0.2, 0) is 20.1 Å². The Bertz CT molecular complexity index is 465. The van der Waals surface area contributed by atoms with Gasteiger partial charge in [-0.15, -0.1) is 0 Å². The van der Waals surface area contributed by atoms with E-state index in [1.807, 2.05) is 36.3 Å². The lowest BCUT2D eigenvalue weighted by molar-refractivity contribution is 0.681. The fourth-order valence-electron chi connectivity index (χ4n) is 1.54. The Balaban J connectivity index is 1.84. The lowest BCUT2D eigenvalue weighted by Gasteiger charge is -2.03. The molecule has 0 radical (unpaired) electrons. The zero-order chi connectivity index (χ0) is 11.4. The summed E-state index contributed by atoms with van der Waals surface area (Å²) in [6, 6.07) is 8.30. The largest absolute Gasteiger partial charge is 0.340 e. The summed E-state index contributed by atoms with van der Waals surface area (Å²) in [7, 11) is 1.98. The minimum atomic E-state index is 0.799. The van der Waals surface area contributed by atoms with Crippen LogP contribution in [-0.4, -0.2) is 9.55 Å². The van der Waals surface area contributed by atoms with Gasteiger partial charge in [-0.05, 0) is 17.7 Å². The first-order chi connectivity index (χ1) is 7.74. The molecule has 0 bridgehead atoms. The van der Waals surface area contributed by atoms with Crippen LogP contribution in [0.2, 0.25) is 0 Å². The number of nitrogens with zero attached hydrogens (tertiary/aromatic N) is 2. The van der Waals surface area contributed by atoms with E-state index >= 15 is 0 Å². The van der Waals surface area contributed by atoms with Crippen LogP contribution in [0.3, 0.4) is 0 Å². The van der Waals surface area contributed by atoms with Crippen LogP contribution >= 0.6 is 15.9 Å². The molecule has 0 spiro atoms. The van der Waals surface area contributed by atoms with Crippen molar-refractivity contribution in [3.63, 3.8) is 0 Å². The van der Waals surface area contributed by atoms with Crippen molar-refractivity contribution < 1.29 is 0 Å². The Morgan fingerprint density at radius 3 is 2.94 bits per heavy atom. The molecule has 1 aromatic carbocycles. The van der Waals surface area contributed by atoms with Gasteiger partial charge in [0.1, 0.15) is 0 Å². The van der Waals surface area contributed by atoms with Crippen molar-refractivity contribution in [2.45, 2.75) is 13.1 Å². The van der Waals surface area contributed by atoms with Crippen molar-refractivity contribution in [3.05, 3.63) is 52.5 Å². The monoisotopic (exact) mass is 279 g/mol. The molecule has 0 unspecified atom stereocenters. The molecule has 16 heavy (non-hydrogen) atoms. The summed E-state index contributed by atoms with van der Waals surface area (Å²) in [5.41, 5.74) is 2.34. The summed E-state index contributed by atoms with van der Waals surface area (Å²) < 4.78 is 3.07. The van der Waals surface area contributed by atoms with E-state index in [0.717, 1.165) is 23.3 Å². The Morgan fingerprint density at radius 2 is 2.25 bits per heavy atom. The second kappa shape index (κ2) is 5.27. The van der Waals surface area contributed by atoms with E-state index in [1.165, 1.54) is 5.56 Å². The Labute approximate surface area is 104 Å². The highest BCUT2D eigenvalue weighted by Crippen LogP contribution is 2.11. The van der Waals surface area contributed by atoms with Crippen molar-refractivity contribution in [3.8, 4) is 0 Å². The maximum Gasteiger partial charge on any atom is 0.0947 e. The van der Waals surface area contributed by atoms with Crippen LogP contribution < -0.4 is 5.32 Å². The third kappa shape index (κ3) is 3.18. The number of halogens is 1. The van der Waals surface area contributed by atoms with Gasteiger partial charge in [-0.3, -0.25) is 0 Å². The van der Waals surface area contributed by atoms with Gasteiger partial charge in [0.2, 0.25) is 0 Å². The van der Waals surface area contributed by atoms with Crippen molar-refractivity contribution >= 4 is 15.9 Å². The average molecular weight is 280 g/mol. The minimum absolute atomic E-state index is 0.799. The van der Waals surface area contributed by atoms with Crippen LogP contribution in [0.1, 0.15) is 11.3 Å². The topological polar surface area (TPSA) is 29.9 Å². The van der Waals surface area contributed by atoms with E-state index in [2.05, 4.69) is 38.4 Å². The zero-order valence-electron chi connectivity index (χ0n) is 9.15. The highest BCUT2D eigenvalue weighted by Gasteiger charge is 1.97. The number of aryl methyl sites for hydroxylation is 1. The van der Waals surface area contributed by atoms with E-state index in [1.54, 1.807) is 0 Å². The molecule has 1 N–H and O–H groups in total. The second-order valence-electron chi connectivity index (χ2n) is 3.76. The zero-order valence-corrected chi connectivity index (χ0v) is 10.7. The summed E-state index contributed by atoms with van der Waals surface area (Å²) in [6.45, 7) is 1.66. The predicted molar refractivity (Wildman–Crippen MR) is 67.9 cm³/mol. The molecule has 1 heterocycles. The maximum atomic E-state index is 4.26. The molecule has 84 valence electrons. The van der Waals surface area contributed by atoms with Gasteiger partial charge in [0.15, 0.2) is 0 Å². The smallest absolute Gasteiger partial charge is 0.0947 e. The summed E-state index contributed by atoms with van der Waals surface area (Å²) in [4.78, 5) is 4.26. The molecule has 0 saturated heterocycles. The maximum absolute atomic E-state index is 4.26. The van der Waals surface area contributed by atoms with Crippen LogP contribution in [0.15, 0.2) is 41.3 Å². The molecule has 2 aromatic rings. The van der Waals surface area contributed by atoms with Crippen molar-refractivity contribution in [1.82, 2.24) is 14.9 Å². The van der Waals surface area contributed by atoms with E-state index in [4.69, 9.17) is 0 Å². The fraction of sp³-hybridized carbons (Fsp3) is 0.250. The lowest BCUT2D eigenvalue weighted by atomic mass is 10.2. The molecule has 0 amide bonds. The number of rotatable bonds is 4. The van der Waals surface area contributed by atoms with Crippen molar-refractivity contribution in [2.75, 3.05) is 0 Å². The van der Waals surface area contributed by atoms with Gasteiger partial charge < -0.3 is 9.88 Å². The van der Waals surface area contributed by atoms with Gasteiger partial charge >= 0.3 is 0 Å². The molecular formula is C12H14BrN3. The van der Waals surface area contributed by atoms with E-state index in [-0.39, 0.29) is 0 Å². The first-order valence-corrected chi connectivity index (χ1v) is 5.95. The molecule has 4 heteroatoms. The second-order valence-corrected chi connectivity index (χ2v) is 4.68. The number of benzene rings is 1. The molecule has 2 rings (SSSR count). The first-order valence-electron chi connectivity index (χ1n) is 5.16. The van der Waals surface area contributed by atoms with Crippen LogP contribution in [0.25, 0.3) is 0 Å². The lowest BCUT2D eigenvalue weighted by Crippen LogP contribution is -2.12. The van der Waals surface area contributed by atoms with E-state index in [0.29, 0.717) is 0 Å². The third-order valence-corrected chi connectivity index (χ3v) is 2.78. The van der Waals surface area contributed by atoms with Gasteiger partial charge in [-0.25, -0.2) is 4.98 Å². The van der Waals surface area contributed by atoms with Gasteiger partial charge in [0.25, 0.3) is 0 Å². The molecule has 1 aromatic heterocycles. The summed E-state index contributed by atoms with van der Waals surface area (Å²) in [5.74, 6) is 0. The summed E-state index contributed by atoms with van der Waals surface area (Å²) in [6.07, 6.45) is 3.84. The van der Waals surface area contributed by atoms with Crippen molar-refractivity contribution in [2.24, 2.45) is 7.05 Å². The number of nitrogens with one attached hydrogen (secondary N) is 1. The SMILES string of the molecule is Cn1cnc(CNCc2cccc(Br)c2)c1. The van der Waals surface area contributed by atoms with Crippen LogP contribution in [0, 0.1) is 0 Å². The molecule has 0 fully saturated rings. The normalized spacial score (nSPS) is 10.6. The average Bonchev–Trinajstić information content (AvgIpc) is 2.64. The summed E-state index contributed by atoms with van der Waals surface area (Å²) in [5, 5.41) is 3.36. The highest BCUT2D eigenvalue weighted by molar-refractivity contribution is 9.10. The van der Waals surface area contributed by atoms with Gasteiger partial charge in [-0.2, -0.15) is 0 Å². The standard InChI is InChI=1S/C12H14BrN3/c1-16-8-12(15-9-16)7-14-6-10-3-2-4-11(13)5-10/h2-5,8-9,14H,6-7H2,1H3. The Hall–Kier alpha value is -1.13. The third-order valence-electron chi connectivity index (χ3n) is 2.28. The molecule has 0 aliphatic heterocycles. The molecule has 0 atom stereocenters. The summed E-state index contributed by atoms with van der Waals surface area (Å²) >= 11 is 3.46. The quantitative estimate of drug-likeness (QED) is 0.932. The first kappa shape index (κ1) is 11.4.